The second kappa shape index (κ2) is 6.48. The first-order valence-electron chi connectivity index (χ1n) is 9.48. The van der Waals surface area contributed by atoms with E-state index in [4.69, 9.17) is 0 Å². The van der Waals surface area contributed by atoms with Crippen molar-refractivity contribution >= 4 is 21.6 Å². The normalized spacial score (nSPS) is 24.6. The summed E-state index contributed by atoms with van der Waals surface area (Å²) in [6.45, 7) is 0. The maximum absolute atomic E-state index is 12.7. The molecule has 0 saturated heterocycles. The Morgan fingerprint density at radius 2 is 1.88 bits per heavy atom. The Labute approximate surface area is 153 Å². The van der Waals surface area contributed by atoms with Crippen molar-refractivity contribution in [3.05, 3.63) is 29.3 Å². The molecule has 0 bridgehead atoms. The molecule has 0 unspecified atom stereocenters. The molecule has 5 nitrogen and oxygen atoms in total. The molecule has 0 aromatic heterocycles. The van der Waals surface area contributed by atoms with Crippen molar-refractivity contribution in [1.29, 1.82) is 0 Å². The third kappa shape index (κ3) is 3.43. The Balaban J connectivity index is 1.65. The Morgan fingerprint density at radius 3 is 2.42 bits per heavy atom. The zero-order valence-electron chi connectivity index (χ0n) is 14.7. The van der Waals surface area contributed by atoms with Crippen molar-refractivity contribution in [2.45, 2.75) is 73.3 Å². The third-order valence-electron chi connectivity index (χ3n) is 5.94. The summed E-state index contributed by atoms with van der Waals surface area (Å²) in [5, 5.41) is 9.46. The Kier molecular flexibility index (Phi) is 4.41. The van der Waals surface area contributed by atoms with Gasteiger partial charge in [0.15, 0.2) is 9.84 Å². The summed E-state index contributed by atoms with van der Waals surface area (Å²) < 4.78 is 25.4. The van der Waals surface area contributed by atoms with Crippen LogP contribution in [0.15, 0.2) is 23.1 Å². The van der Waals surface area contributed by atoms with Gasteiger partial charge in [-0.25, -0.2) is 8.42 Å². The maximum Gasteiger partial charge on any atom is 0.310 e. The second-order valence-electron chi connectivity index (χ2n) is 8.09. The summed E-state index contributed by atoms with van der Waals surface area (Å²) >= 11 is 0. The highest BCUT2D eigenvalue weighted by Crippen LogP contribution is 2.46. The standard InChI is InChI=1S/C20H24O5S/c21-15-5-1-12(9-15)10-18(20(22)23)14-4-8-19(17(11-14)13-2-3-13)26(24,25)16-6-7-16/h4,8,11-13,16,18H,1-3,5-7,9-10H2,(H,22,23)/t12-,18+/m0/s1. The van der Waals surface area contributed by atoms with Crippen molar-refractivity contribution in [2.24, 2.45) is 5.92 Å². The quantitative estimate of drug-likeness (QED) is 0.787. The topological polar surface area (TPSA) is 88.5 Å². The van der Waals surface area contributed by atoms with Crippen LogP contribution in [0.5, 0.6) is 0 Å². The molecule has 1 aromatic carbocycles. The third-order valence-corrected chi connectivity index (χ3v) is 8.27. The lowest BCUT2D eigenvalue weighted by atomic mass is 9.87. The van der Waals surface area contributed by atoms with Gasteiger partial charge in [0.05, 0.1) is 16.1 Å². The molecule has 0 aliphatic heterocycles. The first-order valence-corrected chi connectivity index (χ1v) is 11.0. The smallest absolute Gasteiger partial charge is 0.310 e. The number of ketones is 1. The number of benzene rings is 1. The number of carbonyl (C=O) groups is 2. The monoisotopic (exact) mass is 376 g/mol. The number of hydrogen-bond donors (Lipinski definition) is 1. The maximum atomic E-state index is 12.7. The summed E-state index contributed by atoms with van der Waals surface area (Å²) in [6, 6.07) is 5.13. The van der Waals surface area contributed by atoms with Crippen LogP contribution in [-0.4, -0.2) is 30.5 Å². The van der Waals surface area contributed by atoms with Gasteiger partial charge in [-0.05, 0) is 67.6 Å². The van der Waals surface area contributed by atoms with E-state index >= 15 is 0 Å². The summed E-state index contributed by atoms with van der Waals surface area (Å²) in [4.78, 5) is 23.8. The molecule has 3 aliphatic carbocycles. The fourth-order valence-corrected chi connectivity index (χ4v) is 6.05. The lowest BCUT2D eigenvalue weighted by Gasteiger charge is -2.19. The predicted octanol–water partition coefficient (Wildman–Crippen LogP) is 3.43. The first kappa shape index (κ1) is 17.7. The fraction of sp³-hybridized carbons (Fsp3) is 0.600. The first-order chi connectivity index (χ1) is 12.4. The molecule has 3 saturated carbocycles. The van der Waals surface area contributed by atoms with Crippen LogP contribution in [-0.2, 0) is 19.4 Å². The van der Waals surface area contributed by atoms with Crippen LogP contribution < -0.4 is 0 Å². The number of sulfone groups is 1. The molecular weight excluding hydrogens is 352 g/mol. The summed E-state index contributed by atoms with van der Waals surface area (Å²) in [5.41, 5.74) is 1.48. The molecule has 1 N–H and O–H groups in total. The van der Waals surface area contributed by atoms with E-state index in [-0.39, 0.29) is 22.9 Å². The van der Waals surface area contributed by atoms with Gasteiger partial charge in [0.2, 0.25) is 0 Å². The minimum atomic E-state index is -3.29. The van der Waals surface area contributed by atoms with Gasteiger partial charge in [-0.2, -0.15) is 0 Å². The number of carbonyl (C=O) groups excluding carboxylic acids is 1. The highest BCUT2D eigenvalue weighted by molar-refractivity contribution is 7.92. The minimum Gasteiger partial charge on any atom is -0.481 e. The minimum absolute atomic E-state index is 0.114. The van der Waals surface area contributed by atoms with Gasteiger partial charge >= 0.3 is 5.97 Å². The zero-order valence-corrected chi connectivity index (χ0v) is 15.5. The van der Waals surface area contributed by atoms with Crippen molar-refractivity contribution in [2.75, 3.05) is 0 Å². The fourth-order valence-electron chi connectivity index (χ4n) is 4.12. The Hall–Kier alpha value is -1.69. The summed E-state index contributed by atoms with van der Waals surface area (Å²) in [6.07, 6.45) is 5.59. The number of hydrogen-bond acceptors (Lipinski definition) is 4. The zero-order chi connectivity index (χ0) is 18.5. The van der Waals surface area contributed by atoms with E-state index in [1.165, 1.54) is 0 Å². The van der Waals surface area contributed by atoms with Gasteiger partial charge in [-0.1, -0.05) is 12.1 Å². The molecule has 140 valence electrons. The highest BCUT2D eigenvalue weighted by Gasteiger charge is 2.41. The average molecular weight is 376 g/mol. The van der Waals surface area contributed by atoms with Gasteiger partial charge in [0.25, 0.3) is 0 Å². The average Bonchev–Trinajstić information content (AvgIpc) is 3.49. The van der Waals surface area contributed by atoms with Crippen LogP contribution in [0, 0.1) is 5.92 Å². The number of aliphatic carboxylic acids is 1. The molecule has 6 heteroatoms. The van der Waals surface area contributed by atoms with Gasteiger partial charge in [0, 0.05) is 12.8 Å². The van der Waals surface area contributed by atoms with Crippen LogP contribution in [0.3, 0.4) is 0 Å². The van der Waals surface area contributed by atoms with Crippen molar-refractivity contribution in [1.82, 2.24) is 0 Å². The van der Waals surface area contributed by atoms with E-state index in [0.717, 1.165) is 37.7 Å². The largest absolute Gasteiger partial charge is 0.481 e. The SMILES string of the molecule is O=C1CC[C@H](C[C@@H](C(=O)O)c2ccc(S(=O)(=O)C3CC3)c(C3CC3)c2)C1. The number of Topliss-reactive ketones (excluding diaryl/α,β-unsaturated/α-hetero) is 1. The van der Waals surface area contributed by atoms with Crippen LogP contribution in [0.1, 0.15) is 74.3 Å². The number of rotatable bonds is 7. The Morgan fingerprint density at radius 1 is 1.15 bits per heavy atom. The van der Waals surface area contributed by atoms with E-state index in [1.807, 2.05) is 6.07 Å². The van der Waals surface area contributed by atoms with E-state index in [1.54, 1.807) is 12.1 Å². The molecule has 0 radical (unpaired) electrons. The van der Waals surface area contributed by atoms with Crippen molar-refractivity contribution in [3.8, 4) is 0 Å². The van der Waals surface area contributed by atoms with Gasteiger partial charge in [0.1, 0.15) is 5.78 Å². The van der Waals surface area contributed by atoms with Crippen LogP contribution in [0.2, 0.25) is 0 Å². The lowest BCUT2D eigenvalue weighted by molar-refractivity contribution is -0.139. The van der Waals surface area contributed by atoms with Crippen LogP contribution in [0.25, 0.3) is 0 Å². The van der Waals surface area contributed by atoms with Crippen molar-refractivity contribution < 1.29 is 23.1 Å². The van der Waals surface area contributed by atoms with E-state index < -0.39 is 21.7 Å². The molecule has 2 atom stereocenters. The molecule has 4 rings (SSSR count). The van der Waals surface area contributed by atoms with Gasteiger partial charge < -0.3 is 5.11 Å². The summed E-state index contributed by atoms with van der Waals surface area (Å²) in [7, 11) is -3.29. The van der Waals surface area contributed by atoms with Crippen LogP contribution in [0.4, 0.5) is 0 Å². The molecule has 3 fully saturated rings. The van der Waals surface area contributed by atoms with E-state index in [9.17, 15) is 23.1 Å². The molecule has 1 aromatic rings. The number of carboxylic acid groups (broad SMARTS) is 1. The highest BCUT2D eigenvalue weighted by atomic mass is 32.2. The molecule has 26 heavy (non-hydrogen) atoms. The Bertz CT molecular complexity index is 849. The molecular formula is C20H24O5S. The molecule has 0 amide bonds. The van der Waals surface area contributed by atoms with E-state index in [2.05, 4.69) is 0 Å². The molecule has 0 heterocycles. The van der Waals surface area contributed by atoms with Crippen molar-refractivity contribution in [3.63, 3.8) is 0 Å². The van der Waals surface area contributed by atoms with Crippen LogP contribution >= 0.6 is 0 Å². The van der Waals surface area contributed by atoms with Gasteiger partial charge in [-0.3, -0.25) is 9.59 Å². The van der Waals surface area contributed by atoms with Gasteiger partial charge in [-0.15, -0.1) is 0 Å². The second-order valence-corrected chi connectivity index (χ2v) is 10.3. The molecule has 0 spiro atoms. The van der Waals surface area contributed by atoms with E-state index in [0.29, 0.717) is 29.7 Å². The summed E-state index contributed by atoms with van der Waals surface area (Å²) in [5.74, 6) is -1.02. The number of carboxylic acids is 1. The molecule has 3 aliphatic rings. The predicted molar refractivity (Wildman–Crippen MR) is 96.0 cm³/mol. The lowest BCUT2D eigenvalue weighted by Crippen LogP contribution is -2.17.